The second-order valence-electron chi connectivity index (χ2n) is 4.60. The molecule has 3 N–H and O–H groups in total. The van der Waals surface area contributed by atoms with Crippen molar-refractivity contribution in [1.82, 2.24) is 5.32 Å². The molecule has 2 atom stereocenters. The topological polar surface area (TPSA) is 73.6 Å². The SMILES string of the molecule is CCC(C)NC(C(N)=O)c1ccc(OC)c(OC(F)F)c1. The van der Waals surface area contributed by atoms with E-state index < -0.39 is 18.6 Å². The van der Waals surface area contributed by atoms with E-state index in [2.05, 4.69) is 10.1 Å². The fraction of sp³-hybridized carbons (Fsp3) is 0.500. The number of nitrogens with one attached hydrogen (secondary N) is 1. The standard InChI is InChI=1S/C14H20F2N2O3/c1-4-8(2)18-12(13(17)19)9-5-6-10(20-3)11(7-9)21-14(15)16/h5-8,12,14,18H,4H2,1-3H3,(H2,17,19). The van der Waals surface area contributed by atoms with Crippen LogP contribution in [0.2, 0.25) is 0 Å². The number of hydrogen-bond acceptors (Lipinski definition) is 4. The van der Waals surface area contributed by atoms with Gasteiger partial charge in [0.2, 0.25) is 5.91 Å². The van der Waals surface area contributed by atoms with Gasteiger partial charge in [0.15, 0.2) is 11.5 Å². The molecule has 0 aliphatic heterocycles. The maximum absolute atomic E-state index is 12.4. The van der Waals surface area contributed by atoms with Gasteiger partial charge in [0.05, 0.1) is 7.11 Å². The van der Waals surface area contributed by atoms with Gasteiger partial charge < -0.3 is 15.2 Å². The summed E-state index contributed by atoms with van der Waals surface area (Å²) in [5, 5.41) is 3.04. The number of primary amides is 1. The van der Waals surface area contributed by atoms with Crippen LogP contribution in [-0.4, -0.2) is 25.7 Å². The van der Waals surface area contributed by atoms with E-state index in [1.165, 1.54) is 19.2 Å². The number of benzene rings is 1. The molecule has 0 radical (unpaired) electrons. The molecule has 0 saturated carbocycles. The zero-order valence-corrected chi connectivity index (χ0v) is 12.2. The monoisotopic (exact) mass is 302 g/mol. The molecule has 2 unspecified atom stereocenters. The van der Waals surface area contributed by atoms with Crippen molar-refractivity contribution in [2.75, 3.05) is 7.11 Å². The highest BCUT2D eigenvalue weighted by Gasteiger charge is 2.21. The van der Waals surface area contributed by atoms with Gasteiger partial charge in [-0.2, -0.15) is 8.78 Å². The number of nitrogens with two attached hydrogens (primary N) is 1. The lowest BCUT2D eigenvalue weighted by Crippen LogP contribution is -2.38. The van der Waals surface area contributed by atoms with Crippen molar-refractivity contribution < 1.29 is 23.0 Å². The van der Waals surface area contributed by atoms with Crippen LogP contribution in [0.1, 0.15) is 31.9 Å². The Hall–Kier alpha value is -1.89. The van der Waals surface area contributed by atoms with Crippen molar-refractivity contribution in [2.45, 2.75) is 39.0 Å². The van der Waals surface area contributed by atoms with Crippen molar-refractivity contribution >= 4 is 5.91 Å². The molecule has 7 heteroatoms. The van der Waals surface area contributed by atoms with Gasteiger partial charge in [-0.15, -0.1) is 0 Å². The summed E-state index contributed by atoms with van der Waals surface area (Å²) in [7, 11) is 1.34. The predicted octanol–water partition coefficient (Wildman–Crippen LogP) is 2.21. The van der Waals surface area contributed by atoms with Gasteiger partial charge in [-0.25, -0.2) is 0 Å². The molecule has 1 rings (SSSR count). The van der Waals surface area contributed by atoms with Crippen molar-refractivity contribution in [3.63, 3.8) is 0 Å². The van der Waals surface area contributed by atoms with Gasteiger partial charge in [-0.05, 0) is 31.0 Å². The molecule has 0 aliphatic rings. The number of hydrogen-bond donors (Lipinski definition) is 2. The first-order valence-corrected chi connectivity index (χ1v) is 6.57. The Labute approximate surface area is 122 Å². The van der Waals surface area contributed by atoms with E-state index in [1.807, 2.05) is 13.8 Å². The Morgan fingerprint density at radius 3 is 2.52 bits per heavy atom. The molecular weight excluding hydrogens is 282 g/mol. The van der Waals surface area contributed by atoms with Crippen LogP contribution in [0.15, 0.2) is 18.2 Å². The number of methoxy groups -OCH3 is 1. The van der Waals surface area contributed by atoms with E-state index in [0.29, 0.717) is 5.56 Å². The van der Waals surface area contributed by atoms with Gasteiger partial charge >= 0.3 is 6.61 Å². The minimum absolute atomic E-state index is 0.0454. The minimum Gasteiger partial charge on any atom is -0.493 e. The highest BCUT2D eigenvalue weighted by atomic mass is 19.3. The third-order valence-corrected chi connectivity index (χ3v) is 3.09. The summed E-state index contributed by atoms with van der Waals surface area (Å²) in [6.45, 7) is 0.870. The van der Waals surface area contributed by atoms with Gasteiger partial charge in [0, 0.05) is 6.04 Å². The normalized spacial score (nSPS) is 13.8. The number of amides is 1. The summed E-state index contributed by atoms with van der Waals surface area (Å²) in [5.41, 5.74) is 5.82. The van der Waals surface area contributed by atoms with Crippen LogP contribution in [0.25, 0.3) is 0 Å². The van der Waals surface area contributed by atoms with Crippen LogP contribution in [-0.2, 0) is 4.79 Å². The van der Waals surface area contributed by atoms with Crippen LogP contribution >= 0.6 is 0 Å². The first kappa shape index (κ1) is 17.2. The van der Waals surface area contributed by atoms with Crippen molar-refractivity contribution in [3.8, 4) is 11.5 Å². The highest BCUT2D eigenvalue weighted by molar-refractivity contribution is 5.81. The van der Waals surface area contributed by atoms with Crippen LogP contribution in [0.3, 0.4) is 0 Å². The maximum atomic E-state index is 12.4. The van der Waals surface area contributed by atoms with Crippen LogP contribution < -0.4 is 20.5 Å². The molecule has 0 bridgehead atoms. The Balaban J connectivity index is 3.11. The summed E-state index contributed by atoms with van der Waals surface area (Å²) < 4.78 is 34.2. The van der Waals surface area contributed by atoms with E-state index in [9.17, 15) is 13.6 Å². The summed E-state index contributed by atoms with van der Waals surface area (Å²) in [4.78, 5) is 11.6. The largest absolute Gasteiger partial charge is 0.493 e. The third kappa shape index (κ3) is 4.86. The van der Waals surface area contributed by atoms with Crippen LogP contribution in [0.4, 0.5) is 8.78 Å². The summed E-state index contributed by atoms with van der Waals surface area (Å²) >= 11 is 0. The number of alkyl halides is 2. The van der Waals surface area contributed by atoms with E-state index in [0.717, 1.165) is 6.42 Å². The van der Waals surface area contributed by atoms with E-state index in [1.54, 1.807) is 6.07 Å². The molecule has 0 fully saturated rings. The molecule has 1 aromatic rings. The molecule has 1 amide bonds. The lowest BCUT2D eigenvalue weighted by atomic mass is 10.0. The molecule has 0 spiro atoms. The lowest BCUT2D eigenvalue weighted by Gasteiger charge is -2.21. The Kier molecular flexibility index (Phi) is 6.36. The summed E-state index contributed by atoms with van der Waals surface area (Å²) in [6, 6.07) is 3.63. The molecule has 0 aromatic heterocycles. The molecule has 0 heterocycles. The third-order valence-electron chi connectivity index (χ3n) is 3.09. The number of carbonyl (C=O) groups excluding carboxylic acids is 1. The Morgan fingerprint density at radius 1 is 1.38 bits per heavy atom. The number of ether oxygens (including phenoxy) is 2. The van der Waals surface area contributed by atoms with Gasteiger partial charge in [-0.3, -0.25) is 10.1 Å². The zero-order chi connectivity index (χ0) is 16.0. The minimum atomic E-state index is -2.98. The Morgan fingerprint density at radius 2 is 2.05 bits per heavy atom. The fourth-order valence-electron chi connectivity index (χ4n) is 1.81. The van der Waals surface area contributed by atoms with Gasteiger partial charge in [0.25, 0.3) is 0 Å². The average Bonchev–Trinajstić information content (AvgIpc) is 2.43. The summed E-state index contributed by atoms with van der Waals surface area (Å²) in [5.74, 6) is -0.573. The van der Waals surface area contributed by atoms with Crippen molar-refractivity contribution in [2.24, 2.45) is 5.73 Å². The average molecular weight is 302 g/mol. The first-order chi connectivity index (χ1) is 9.88. The summed E-state index contributed by atoms with van der Waals surface area (Å²) in [6.07, 6.45) is 0.792. The smallest absolute Gasteiger partial charge is 0.387 e. The Bertz CT molecular complexity index is 483. The van der Waals surface area contributed by atoms with Crippen LogP contribution in [0, 0.1) is 0 Å². The zero-order valence-electron chi connectivity index (χ0n) is 12.2. The predicted molar refractivity (Wildman–Crippen MR) is 74.5 cm³/mol. The molecule has 21 heavy (non-hydrogen) atoms. The molecule has 1 aromatic carbocycles. The lowest BCUT2D eigenvalue weighted by molar-refractivity contribution is -0.120. The van der Waals surface area contributed by atoms with Crippen LogP contribution in [0.5, 0.6) is 11.5 Å². The number of rotatable bonds is 8. The quantitative estimate of drug-likeness (QED) is 0.772. The van der Waals surface area contributed by atoms with Crippen molar-refractivity contribution in [3.05, 3.63) is 23.8 Å². The molecule has 5 nitrogen and oxygen atoms in total. The number of carbonyl (C=O) groups is 1. The number of halogens is 2. The van der Waals surface area contributed by atoms with E-state index in [4.69, 9.17) is 10.5 Å². The maximum Gasteiger partial charge on any atom is 0.387 e. The molecule has 0 saturated heterocycles. The second kappa shape index (κ2) is 7.78. The van der Waals surface area contributed by atoms with Gasteiger partial charge in [-0.1, -0.05) is 13.0 Å². The van der Waals surface area contributed by atoms with Gasteiger partial charge in [0.1, 0.15) is 6.04 Å². The molecule has 0 aliphatic carbocycles. The highest BCUT2D eigenvalue weighted by Crippen LogP contribution is 2.31. The first-order valence-electron chi connectivity index (χ1n) is 6.57. The van der Waals surface area contributed by atoms with E-state index in [-0.39, 0.29) is 17.5 Å². The molecule has 118 valence electrons. The van der Waals surface area contributed by atoms with E-state index >= 15 is 0 Å². The molecular formula is C14H20F2N2O3. The second-order valence-corrected chi connectivity index (χ2v) is 4.60. The van der Waals surface area contributed by atoms with Crippen molar-refractivity contribution in [1.29, 1.82) is 0 Å². The fourth-order valence-corrected chi connectivity index (χ4v) is 1.81.